The highest BCUT2D eigenvalue weighted by Crippen LogP contribution is 2.23. The van der Waals surface area contributed by atoms with Gasteiger partial charge in [0.2, 0.25) is 0 Å². The molecule has 0 bridgehead atoms. The molecule has 0 atom stereocenters. The van der Waals surface area contributed by atoms with Gasteiger partial charge in [-0.3, -0.25) is 9.36 Å². The second kappa shape index (κ2) is 5.54. The van der Waals surface area contributed by atoms with Gasteiger partial charge in [-0.2, -0.15) is 0 Å². The molecule has 0 aliphatic carbocycles. The van der Waals surface area contributed by atoms with E-state index >= 15 is 0 Å². The molecule has 0 unspecified atom stereocenters. The fourth-order valence-corrected chi connectivity index (χ4v) is 2.91. The number of hydrogen-bond donors (Lipinski definition) is 0. The number of nitrogens with zero attached hydrogens (tertiary/aromatic N) is 1. The Kier molecular flexibility index (Phi) is 3.58. The molecule has 0 spiro atoms. The second-order valence-corrected chi connectivity index (χ2v) is 5.43. The van der Waals surface area contributed by atoms with Crippen LogP contribution in [0.15, 0.2) is 47.3 Å². The van der Waals surface area contributed by atoms with E-state index in [0.29, 0.717) is 0 Å². The summed E-state index contributed by atoms with van der Waals surface area (Å²) in [6.07, 6.45) is 3.47. The van der Waals surface area contributed by atoms with Gasteiger partial charge in [0.05, 0.1) is 17.3 Å². The van der Waals surface area contributed by atoms with Crippen LogP contribution in [0.4, 0.5) is 4.39 Å². The van der Waals surface area contributed by atoms with E-state index in [1.807, 2.05) is 18.2 Å². The summed E-state index contributed by atoms with van der Waals surface area (Å²) in [4.78, 5) is 12.0. The van der Waals surface area contributed by atoms with E-state index in [0.717, 1.165) is 32.9 Å². The molecule has 21 heavy (non-hydrogen) atoms. The van der Waals surface area contributed by atoms with Gasteiger partial charge in [0.25, 0.3) is 0 Å². The first-order chi connectivity index (χ1) is 10.2. The van der Waals surface area contributed by atoms with Crippen molar-refractivity contribution in [1.82, 2.24) is 4.57 Å². The van der Waals surface area contributed by atoms with Crippen LogP contribution in [-0.2, 0) is 0 Å². The van der Waals surface area contributed by atoms with Crippen LogP contribution < -0.4 is 9.61 Å². The summed E-state index contributed by atoms with van der Waals surface area (Å²) in [6.45, 7) is 0. The number of aromatic nitrogens is 1. The summed E-state index contributed by atoms with van der Waals surface area (Å²) in [5, 5.41) is 0. The molecule has 0 aliphatic heterocycles. The highest BCUT2D eigenvalue weighted by atomic mass is 32.1. The van der Waals surface area contributed by atoms with E-state index < -0.39 is 0 Å². The summed E-state index contributed by atoms with van der Waals surface area (Å²) < 4.78 is 20.4. The van der Waals surface area contributed by atoms with Crippen molar-refractivity contribution in [3.05, 3.63) is 63.5 Å². The number of fused-ring (bicyclic) bond motifs is 1. The normalized spacial score (nSPS) is 11.3. The Hall–Kier alpha value is -2.40. The summed E-state index contributed by atoms with van der Waals surface area (Å²) in [5.74, 6) is 0.441. The molecule has 5 heteroatoms. The Bertz CT molecular complexity index is 862. The standard InChI is InChI=1S/C16H12FNO2S/c1-20-13-6-7-14-15(10-13)21-16(19)18(14)9-8-11-2-4-12(17)5-3-11/h2-10H,1H3/b9-8+. The number of rotatable bonds is 3. The predicted octanol–water partition coefficient (Wildman–Crippen LogP) is 3.84. The van der Waals surface area contributed by atoms with Crippen molar-refractivity contribution in [2.45, 2.75) is 0 Å². The minimum absolute atomic E-state index is 0.0726. The van der Waals surface area contributed by atoms with Crippen molar-refractivity contribution in [1.29, 1.82) is 0 Å². The van der Waals surface area contributed by atoms with Crippen molar-refractivity contribution >= 4 is 33.8 Å². The molecule has 0 saturated heterocycles. The van der Waals surface area contributed by atoms with Gasteiger partial charge in [0.1, 0.15) is 11.6 Å². The van der Waals surface area contributed by atoms with E-state index in [2.05, 4.69) is 0 Å². The molecule has 0 N–H and O–H groups in total. The average Bonchev–Trinajstić information content (AvgIpc) is 2.81. The number of thiazole rings is 1. The SMILES string of the molecule is COc1ccc2c(c1)sc(=O)n2/C=C/c1ccc(F)cc1. The molecular formula is C16H12FNO2S. The minimum Gasteiger partial charge on any atom is -0.497 e. The number of benzene rings is 2. The fraction of sp³-hybridized carbons (Fsp3) is 0.0625. The largest absolute Gasteiger partial charge is 0.497 e. The topological polar surface area (TPSA) is 31.2 Å². The lowest BCUT2D eigenvalue weighted by Crippen LogP contribution is -2.05. The maximum Gasteiger partial charge on any atom is 0.312 e. The van der Waals surface area contributed by atoms with E-state index in [9.17, 15) is 9.18 Å². The van der Waals surface area contributed by atoms with Crippen LogP contribution >= 0.6 is 11.3 Å². The Morgan fingerprint density at radius 1 is 1.19 bits per heavy atom. The zero-order chi connectivity index (χ0) is 14.8. The summed E-state index contributed by atoms with van der Waals surface area (Å²) in [7, 11) is 1.59. The van der Waals surface area contributed by atoms with Gasteiger partial charge in [-0.15, -0.1) is 0 Å². The molecule has 3 nitrogen and oxygen atoms in total. The lowest BCUT2D eigenvalue weighted by atomic mass is 10.2. The summed E-state index contributed by atoms with van der Waals surface area (Å²) >= 11 is 1.16. The van der Waals surface area contributed by atoms with Gasteiger partial charge in [-0.1, -0.05) is 23.5 Å². The average molecular weight is 301 g/mol. The molecule has 3 rings (SSSR count). The first-order valence-electron chi connectivity index (χ1n) is 6.30. The Labute approximate surface area is 124 Å². The van der Waals surface area contributed by atoms with Gasteiger partial charge < -0.3 is 4.74 Å². The van der Waals surface area contributed by atoms with Crippen molar-refractivity contribution in [3.63, 3.8) is 0 Å². The van der Waals surface area contributed by atoms with Crippen molar-refractivity contribution in [3.8, 4) is 5.75 Å². The van der Waals surface area contributed by atoms with E-state index in [1.165, 1.54) is 12.1 Å². The molecule has 2 aromatic carbocycles. The number of hydrogen-bond acceptors (Lipinski definition) is 3. The maximum absolute atomic E-state index is 12.9. The van der Waals surface area contributed by atoms with E-state index in [4.69, 9.17) is 4.74 Å². The van der Waals surface area contributed by atoms with E-state index in [-0.39, 0.29) is 10.7 Å². The van der Waals surface area contributed by atoms with Gasteiger partial charge in [0.15, 0.2) is 0 Å². The zero-order valence-electron chi connectivity index (χ0n) is 11.2. The highest BCUT2D eigenvalue weighted by Gasteiger charge is 2.06. The smallest absolute Gasteiger partial charge is 0.312 e. The summed E-state index contributed by atoms with van der Waals surface area (Å²) in [5.41, 5.74) is 1.65. The molecule has 0 aliphatic rings. The molecule has 0 fully saturated rings. The first-order valence-corrected chi connectivity index (χ1v) is 7.12. The van der Waals surface area contributed by atoms with Crippen LogP contribution in [0.3, 0.4) is 0 Å². The molecular weight excluding hydrogens is 289 g/mol. The highest BCUT2D eigenvalue weighted by molar-refractivity contribution is 7.16. The Balaban J connectivity index is 2.02. The number of halogens is 1. The molecule has 0 radical (unpaired) electrons. The lowest BCUT2D eigenvalue weighted by molar-refractivity contribution is 0.415. The van der Waals surface area contributed by atoms with Crippen molar-refractivity contribution < 1.29 is 9.13 Å². The fourth-order valence-electron chi connectivity index (χ4n) is 2.02. The molecule has 1 aromatic heterocycles. The third kappa shape index (κ3) is 2.73. The van der Waals surface area contributed by atoms with Crippen LogP contribution in [-0.4, -0.2) is 11.7 Å². The molecule has 0 amide bonds. The monoisotopic (exact) mass is 301 g/mol. The van der Waals surface area contributed by atoms with Crippen LogP contribution in [0, 0.1) is 5.82 Å². The van der Waals surface area contributed by atoms with Crippen molar-refractivity contribution in [2.24, 2.45) is 0 Å². The first kappa shape index (κ1) is 13.6. The quantitative estimate of drug-likeness (QED) is 0.736. The molecule has 0 saturated carbocycles. The van der Waals surface area contributed by atoms with Gasteiger partial charge in [0, 0.05) is 6.20 Å². The van der Waals surface area contributed by atoms with Crippen LogP contribution in [0.25, 0.3) is 22.5 Å². The third-order valence-electron chi connectivity index (χ3n) is 3.11. The second-order valence-electron chi connectivity index (χ2n) is 4.44. The predicted molar refractivity (Wildman–Crippen MR) is 84.3 cm³/mol. The van der Waals surface area contributed by atoms with Crippen LogP contribution in [0.1, 0.15) is 5.56 Å². The van der Waals surface area contributed by atoms with Gasteiger partial charge in [-0.25, -0.2) is 4.39 Å². The van der Waals surface area contributed by atoms with Crippen molar-refractivity contribution in [2.75, 3.05) is 7.11 Å². The maximum atomic E-state index is 12.9. The number of ether oxygens (including phenoxy) is 1. The Morgan fingerprint density at radius 3 is 2.67 bits per heavy atom. The minimum atomic E-state index is -0.280. The third-order valence-corrected chi connectivity index (χ3v) is 4.02. The van der Waals surface area contributed by atoms with Crippen LogP contribution in [0.5, 0.6) is 5.75 Å². The zero-order valence-corrected chi connectivity index (χ0v) is 12.1. The Morgan fingerprint density at radius 2 is 1.95 bits per heavy atom. The molecule has 106 valence electrons. The van der Waals surface area contributed by atoms with Gasteiger partial charge in [-0.05, 0) is 42.0 Å². The van der Waals surface area contributed by atoms with Gasteiger partial charge >= 0.3 is 4.87 Å². The number of methoxy groups -OCH3 is 1. The molecule has 3 aromatic rings. The lowest BCUT2D eigenvalue weighted by Gasteiger charge is -2.00. The summed E-state index contributed by atoms with van der Waals surface area (Å²) in [6, 6.07) is 11.6. The van der Waals surface area contributed by atoms with E-state index in [1.54, 1.807) is 36.1 Å². The van der Waals surface area contributed by atoms with Crippen LogP contribution in [0.2, 0.25) is 0 Å². The molecule has 1 heterocycles.